The maximum absolute atomic E-state index is 6.30. The molecule has 2 rings (SSSR count). The van der Waals surface area contributed by atoms with E-state index in [2.05, 4.69) is 23.2 Å². The zero-order valence-electron chi connectivity index (χ0n) is 12.7. The number of nitrogens with two attached hydrogens (primary N) is 1. The van der Waals surface area contributed by atoms with Gasteiger partial charge in [0, 0.05) is 31.5 Å². The van der Waals surface area contributed by atoms with Crippen LogP contribution in [0, 0.1) is 6.92 Å². The van der Waals surface area contributed by atoms with E-state index in [1.165, 1.54) is 5.56 Å². The van der Waals surface area contributed by atoms with E-state index in [0.717, 1.165) is 26.5 Å². The van der Waals surface area contributed by atoms with Crippen LogP contribution in [-0.2, 0) is 0 Å². The molecule has 5 nitrogen and oxygen atoms in total. The predicted molar refractivity (Wildman–Crippen MR) is 89.6 cm³/mol. The molecule has 2 N–H and O–H groups in total. The van der Waals surface area contributed by atoms with Gasteiger partial charge in [-0.05, 0) is 13.0 Å². The van der Waals surface area contributed by atoms with Gasteiger partial charge in [0.2, 0.25) is 5.13 Å². The minimum Gasteiger partial charge on any atom is -0.496 e. The summed E-state index contributed by atoms with van der Waals surface area (Å²) in [7, 11) is 5.58. The fraction of sp³-hybridized carbons (Fsp3) is 0.429. The van der Waals surface area contributed by atoms with Crippen LogP contribution in [0.1, 0.15) is 17.2 Å². The largest absolute Gasteiger partial charge is 0.496 e. The van der Waals surface area contributed by atoms with E-state index in [9.17, 15) is 0 Å². The minimum atomic E-state index is -0.100. The number of hydrogen-bond donors (Lipinski definition) is 1. The lowest BCUT2D eigenvalue weighted by molar-refractivity contribution is 0.407. The second-order valence-electron chi connectivity index (χ2n) is 4.91. The SMILES string of the molecule is COc1ccc(C)cc1C(N)CSc1nnc(N(C)C)s1. The van der Waals surface area contributed by atoms with Crippen molar-refractivity contribution >= 4 is 28.2 Å². The van der Waals surface area contributed by atoms with Crippen LogP contribution in [0.4, 0.5) is 5.13 Å². The van der Waals surface area contributed by atoms with Gasteiger partial charge in [0.25, 0.3) is 0 Å². The van der Waals surface area contributed by atoms with E-state index in [1.54, 1.807) is 30.2 Å². The first kappa shape index (κ1) is 16.1. The number of benzene rings is 1. The van der Waals surface area contributed by atoms with Gasteiger partial charge >= 0.3 is 0 Å². The van der Waals surface area contributed by atoms with Crippen molar-refractivity contribution in [2.24, 2.45) is 5.73 Å². The molecular weight excluding hydrogens is 304 g/mol. The first-order valence-corrected chi connectivity index (χ1v) is 8.35. The molecule has 0 fully saturated rings. The second kappa shape index (κ2) is 7.11. The molecule has 114 valence electrons. The molecule has 7 heteroatoms. The van der Waals surface area contributed by atoms with Gasteiger partial charge in [0.1, 0.15) is 5.75 Å². The number of aryl methyl sites for hydroxylation is 1. The highest BCUT2D eigenvalue weighted by Crippen LogP contribution is 2.32. The summed E-state index contributed by atoms with van der Waals surface area (Å²) in [4.78, 5) is 1.95. The molecule has 0 radical (unpaired) electrons. The molecule has 0 aliphatic carbocycles. The Bertz CT molecular complexity index is 600. The van der Waals surface area contributed by atoms with Crippen molar-refractivity contribution in [2.75, 3.05) is 31.9 Å². The molecule has 1 aromatic heterocycles. The lowest BCUT2D eigenvalue weighted by Crippen LogP contribution is -2.14. The summed E-state index contributed by atoms with van der Waals surface area (Å²) in [5.41, 5.74) is 8.51. The van der Waals surface area contributed by atoms with Gasteiger partial charge in [-0.15, -0.1) is 10.2 Å². The van der Waals surface area contributed by atoms with Crippen LogP contribution in [0.2, 0.25) is 0 Å². The second-order valence-corrected chi connectivity index (χ2v) is 7.13. The molecule has 1 heterocycles. The van der Waals surface area contributed by atoms with Crippen molar-refractivity contribution in [3.63, 3.8) is 0 Å². The minimum absolute atomic E-state index is 0.100. The molecular formula is C14H20N4OS2. The first-order valence-electron chi connectivity index (χ1n) is 6.55. The summed E-state index contributed by atoms with van der Waals surface area (Å²) in [5, 5.41) is 9.19. The van der Waals surface area contributed by atoms with Crippen LogP contribution in [-0.4, -0.2) is 37.2 Å². The summed E-state index contributed by atoms with van der Waals surface area (Å²) in [6.45, 7) is 2.05. The van der Waals surface area contributed by atoms with Gasteiger partial charge in [-0.2, -0.15) is 0 Å². The van der Waals surface area contributed by atoms with E-state index in [-0.39, 0.29) is 6.04 Å². The van der Waals surface area contributed by atoms with Crippen molar-refractivity contribution in [1.82, 2.24) is 10.2 Å². The Hall–Kier alpha value is -1.31. The Labute approximate surface area is 133 Å². The van der Waals surface area contributed by atoms with Crippen molar-refractivity contribution in [3.8, 4) is 5.75 Å². The molecule has 0 bridgehead atoms. The summed E-state index contributed by atoms with van der Waals surface area (Å²) in [6.07, 6.45) is 0. The van der Waals surface area contributed by atoms with E-state index >= 15 is 0 Å². The number of rotatable bonds is 6. The molecule has 1 aromatic carbocycles. The Morgan fingerprint density at radius 3 is 2.76 bits per heavy atom. The van der Waals surface area contributed by atoms with Gasteiger partial charge < -0.3 is 15.4 Å². The highest BCUT2D eigenvalue weighted by atomic mass is 32.2. The fourth-order valence-corrected chi connectivity index (χ4v) is 3.60. The van der Waals surface area contributed by atoms with Gasteiger partial charge in [-0.25, -0.2) is 0 Å². The number of nitrogens with zero attached hydrogens (tertiary/aromatic N) is 3. The van der Waals surface area contributed by atoms with Crippen LogP contribution < -0.4 is 15.4 Å². The maximum Gasteiger partial charge on any atom is 0.208 e. The molecule has 1 unspecified atom stereocenters. The highest BCUT2D eigenvalue weighted by molar-refractivity contribution is 8.01. The third-order valence-electron chi connectivity index (χ3n) is 2.95. The Morgan fingerprint density at radius 1 is 1.38 bits per heavy atom. The third-order valence-corrected chi connectivity index (χ3v) is 5.29. The van der Waals surface area contributed by atoms with Crippen molar-refractivity contribution in [1.29, 1.82) is 0 Å². The van der Waals surface area contributed by atoms with E-state index in [1.807, 2.05) is 31.1 Å². The third kappa shape index (κ3) is 4.09. The van der Waals surface area contributed by atoms with Crippen molar-refractivity contribution in [2.45, 2.75) is 17.3 Å². The number of methoxy groups -OCH3 is 1. The Kier molecular flexibility index (Phi) is 5.44. The molecule has 21 heavy (non-hydrogen) atoms. The average Bonchev–Trinajstić information content (AvgIpc) is 2.94. The summed E-state index contributed by atoms with van der Waals surface area (Å²) < 4.78 is 6.32. The van der Waals surface area contributed by atoms with E-state index < -0.39 is 0 Å². The Balaban J connectivity index is 2.04. The topological polar surface area (TPSA) is 64.3 Å². The lowest BCUT2D eigenvalue weighted by atomic mass is 10.1. The zero-order valence-corrected chi connectivity index (χ0v) is 14.3. The van der Waals surface area contributed by atoms with Gasteiger partial charge in [0.05, 0.1) is 7.11 Å². The lowest BCUT2D eigenvalue weighted by Gasteiger charge is -2.15. The maximum atomic E-state index is 6.30. The predicted octanol–water partition coefficient (Wildman–Crippen LogP) is 2.71. The highest BCUT2D eigenvalue weighted by Gasteiger charge is 2.14. The quantitative estimate of drug-likeness (QED) is 0.824. The molecule has 0 spiro atoms. The van der Waals surface area contributed by atoms with Gasteiger partial charge in [-0.1, -0.05) is 40.8 Å². The van der Waals surface area contributed by atoms with Crippen LogP contribution in [0.15, 0.2) is 22.5 Å². The van der Waals surface area contributed by atoms with Crippen molar-refractivity contribution in [3.05, 3.63) is 29.3 Å². The van der Waals surface area contributed by atoms with Crippen LogP contribution >= 0.6 is 23.1 Å². The molecule has 0 saturated carbocycles. The zero-order chi connectivity index (χ0) is 15.4. The number of aromatic nitrogens is 2. The Morgan fingerprint density at radius 2 is 2.14 bits per heavy atom. The summed E-state index contributed by atoms with van der Waals surface area (Å²) >= 11 is 3.20. The van der Waals surface area contributed by atoms with E-state index in [0.29, 0.717) is 0 Å². The fourth-order valence-electron chi connectivity index (χ4n) is 1.84. The number of hydrogen-bond acceptors (Lipinski definition) is 7. The monoisotopic (exact) mass is 324 g/mol. The first-order chi connectivity index (χ1) is 10.0. The van der Waals surface area contributed by atoms with E-state index in [4.69, 9.17) is 10.5 Å². The summed E-state index contributed by atoms with van der Waals surface area (Å²) in [6, 6.07) is 5.97. The van der Waals surface area contributed by atoms with Crippen LogP contribution in [0.3, 0.4) is 0 Å². The number of thioether (sulfide) groups is 1. The normalized spacial score (nSPS) is 12.2. The molecule has 0 aliphatic heterocycles. The van der Waals surface area contributed by atoms with Gasteiger partial charge in [0.15, 0.2) is 4.34 Å². The molecule has 1 atom stereocenters. The molecule has 0 amide bonds. The standard InChI is InChI=1S/C14H20N4OS2/c1-9-5-6-12(19-4)10(7-9)11(15)8-20-14-17-16-13(21-14)18(2)3/h5-7,11H,8,15H2,1-4H3. The summed E-state index contributed by atoms with van der Waals surface area (Å²) in [5.74, 6) is 1.57. The number of ether oxygens (including phenoxy) is 1. The van der Waals surface area contributed by atoms with Gasteiger partial charge in [-0.3, -0.25) is 0 Å². The average molecular weight is 324 g/mol. The molecule has 0 aliphatic rings. The van der Waals surface area contributed by atoms with Crippen LogP contribution in [0.5, 0.6) is 5.75 Å². The molecule has 2 aromatic rings. The number of anilines is 1. The van der Waals surface area contributed by atoms with Crippen molar-refractivity contribution < 1.29 is 4.74 Å². The smallest absolute Gasteiger partial charge is 0.208 e. The molecule has 0 saturated heterocycles. The van der Waals surface area contributed by atoms with Crippen LogP contribution in [0.25, 0.3) is 0 Å².